The lowest BCUT2D eigenvalue weighted by atomic mass is 9.47. The first-order chi connectivity index (χ1) is 10.9. The van der Waals surface area contributed by atoms with Crippen molar-refractivity contribution in [3.63, 3.8) is 0 Å². The fourth-order valence-electron chi connectivity index (χ4n) is 6.34. The Balaban J connectivity index is 1.70. The van der Waals surface area contributed by atoms with Gasteiger partial charge in [-0.15, -0.1) is 0 Å². The van der Waals surface area contributed by atoms with Crippen LogP contribution in [0.4, 0.5) is 0 Å². The molecule has 23 heavy (non-hydrogen) atoms. The van der Waals surface area contributed by atoms with Crippen molar-refractivity contribution < 1.29 is 9.90 Å². The van der Waals surface area contributed by atoms with Crippen LogP contribution in [-0.4, -0.2) is 17.0 Å². The minimum atomic E-state index is -0.123. The number of fused-ring (bicyclic) bond motifs is 3. The van der Waals surface area contributed by atoms with Crippen LogP contribution in [0.15, 0.2) is 0 Å². The maximum absolute atomic E-state index is 11.9. The third kappa shape index (κ3) is 3.13. The molecular weight excluding hydrogens is 284 g/mol. The topological polar surface area (TPSA) is 37.3 Å². The molecule has 3 aliphatic rings. The molecule has 6 atom stereocenters. The summed E-state index contributed by atoms with van der Waals surface area (Å²) in [6.45, 7) is 7.03. The fourth-order valence-corrected chi connectivity index (χ4v) is 6.34. The van der Waals surface area contributed by atoms with E-state index in [0.717, 1.165) is 43.9 Å². The number of Topliss-reactive ketones (excluding diaryl/α,β-unsaturated/α-hetero) is 1. The van der Waals surface area contributed by atoms with Crippen LogP contribution in [0.1, 0.15) is 91.4 Å². The van der Waals surface area contributed by atoms with Crippen molar-refractivity contribution in [3.8, 4) is 0 Å². The van der Waals surface area contributed by atoms with Crippen LogP contribution in [0.3, 0.4) is 0 Å². The third-order valence-corrected chi connectivity index (χ3v) is 8.04. The van der Waals surface area contributed by atoms with Crippen molar-refractivity contribution in [3.05, 3.63) is 0 Å². The molecule has 2 nitrogen and oxygen atoms in total. The van der Waals surface area contributed by atoms with Crippen molar-refractivity contribution >= 4 is 5.78 Å². The van der Waals surface area contributed by atoms with Gasteiger partial charge < -0.3 is 5.11 Å². The summed E-state index contributed by atoms with van der Waals surface area (Å²) in [6.07, 6.45) is 12.1. The van der Waals surface area contributed by atoms with Crippen LogP contribution in [0.25, 0.3) is 0 Å². The molecule has 3 fully saturated rings. The fraction of sp³-hybridized carbons (Fsp3) is 0.952. The van der Waals surface area contributed by atoms with Gasteiger partial charge in [0.2, 0.25) is 0 Å². The van der Waals surface area contributed by atoms with Crippen molar-refractivity contribution in [2.75, 3.05) is 0 Å². The molecule has 3 rings (SSSR count). The van der Waals surface area contributed by atoms with Gasteiger partial charge in [0.15, 0.2) is 0 Å². The summed E-state index contributed by atoms with van der Waals surface area (Å²) in [5, 5.41) is 10.7. The second-order valence-corrected chi connectivity index (χ2v) is 9.44. The monoisotopic (exact) mass is 320 g/mol. The van der Waals surface area contributed by atoms with Crippen LogP contribution >= 0.6 is 0 Å². The average Bonchev–Trinajstić information content (AvgIpc) is 2.53. The first-order valence-electron chi connectivity index (χ1n) is 10.1. The highest BCUT2D eigenvalue weighted by Crippen LogP contribution is 2.61. The predicted molar refractivity (Wildman–Crippen MR) is 94.2 cm³/mol. The molecule has 2 heteroatoms. The van der Waals surface area contributed by atoms with Gasteiger partial charge in [-0.1, -0.05) is 33.6 Å². The lowest BCUT2D eigenvalue weighted by molar-refractivity contribution is -0.137. The molecule has 0 saturated heterocycles. The van der Waals surface area contributed by atoms with E-state index >= 15 is 0 Å². The smallest absolute Gasteiger partial charge is 0.133 e. The highest BCUT2D eigenvalue weighted by molar-refractivity contribution is 5.79. The second-order valence-electron chi connectivity index (χ2n) is 9.44. The van der Waals surface area contributed by atoms with Gasteiger partial charge in [0, 0.05) is 12.8 Å². The zero-order chi connectivity index (χ0) is 16.7. The number of aliphatic hydroxyl groups is 1. The van der Waals surface area contributed by atoms with Crippen molar-refractivity contribution in [2.24, 2.45) is 28.6 Å². The van der Waals surface area contributed by atoms with Gasteiger partial charge in [-0.3, -0.25) is 4.79 Å². The van der Waals surface area contributed by atoms with E-state index in [2.05, 4.69) is 20.8 Å². The zero-order valence-electron chi connectivity index (χ0n) is 15.4. The van der Waals surface area contributed by atoms with Crippen molar-refractivity contribution in [1.29, 1.82) is 0 Å². The molecular formula is C21H36O2. The van der Waals surface area contributed by atoms with E-state index in [4.69, 9.17) is 0 Å². The Labute approximate surface area is 142 Å². The number of unbranched alkanes of at least 4 members (excludes halogenated alkanes) is 1. The molecule has 0 radical (unpaired) electrons. The normalized spacial score (nSPS) is 45.2. The van der Waals surface area contributed by atoms with E-state index in [9.17, 15) is 9.90 Å². The van der Waals surface area contributed by atoms with Gasteiger partial charge in [-0.05, 0) is 73.5 Å². The molecule has 0 aromatic carbocycles. The van der Waals surface area contributed by atoms with Gasteiger partial charge in [0.1, 0.15) is 5.78 Å². The lowest BCUT2D eigenvalue weighted by Gasteiger charge is -2.58. The Bertz CT molecular complexity index is 445. The Morgan fingerprint density at radius 2 is 2.00 bits per heavy atom. The van der Waals surface area contributed by atoms with E-state index in [1.165, 1.54) is 38.5 Å². The van der Waals surface area contributed by atoms with Gasteiger partial charge in [0.05, 0.1) is 6.10 Å². The molecule has 132 valence electrons. The van der Waals surface area contributed by atoms with E-state index in [-0.39, 0.29) is 11.5 Å². The molecule has 3 saturated carbocycles. The van der Waals surface area contributed by atoms with Crippen LogP contribution < -0.4 is 0 Å². The molecule has 0 aliphatic heterocycles. The first kappa shape index (κ1) is 17.5. The molecule has 3 aliphatic carbocycles. The first-order valence-corrected chi connectivity index (χ1v) is 10.1. The van der Waals surface area contributed by atoms with Crippen molar-refractivity contribution in [2.45, 2.75) is 97.5 Å². The van der Waals surface area contributed by atoms with Gasteiger partial charge in [-0.2, -0.15) is 0 Å². The zero-order valence-corrected chi connectivity index (χ0v) is 15.4. The minimum Gasteiger partial charge on any atom is -0.393 e. The molecule has 0 aromatic rings. The lowest BCUT2D eigenvalue weighted by Crippen LogP contribution is -2.51. The summed E-state index contributed by atoms with van der Waals surface area (Å²) >= 11 is 0. The summed E-state index contributed by atoms with van der Waals surface area (Å²) in [5.41, 5.74) is 0.524. The summed E-state index contributed by atoms with van der Waals surface area (Å²) in [6, 6.07) is 0. The Kier molecular flexibility index (Phi) is 4.93. The summed E-state index contributed by atoms with van der Waals surface area (Å²) in [5.74, 6) is 2.71. The molecule has 0 aromatic heterocycles. The van der Waals surface area contributed by atoms with Crippen LogP contribution in [0.2, 0.25) is 0 Å². The minimum absolute atomic E-state index is 0.123. The van der Waals surface area contributed by atoms with Gasteiger partial charge in [-0.25, -0.2) is 0 Å². The molecule has 0 spiro atoms. The standard InChI is InChI=1S/C21H36O2/c1-4-5-6-19(23)20(2)11-10-18-15(14-20)7-8-16-13-17(22)9-12-21(16,18)3/h15-16,18-19,23H,4-14H2,1-3H3/t15-,16?,18?,19?,20-,21?/m0/s1. The van der Waals surface area contributed by atoms with Crippen LogP contribution in [0.5, 0.6) is 0 Å². The molecule has 0 heterocycles. The van der Waals surface area contributed by atoms with Gasteiger partial charge in [0.25, 0.3) is 0 Å². The summed E-state index contributed by atoms with van der Waals surface area (Å²) < 4.78 is 0. The largest absolute Gasteiger partial charge is 0.393 e. The third-order valence-electron chi connectivity index (χ3n) is 8.04. The molecule has 1 N–H and O–H groups in total. The number of ketones is 1. The van der Waals surface area contributed by atoms with Crippen molar-refractivity contribution in [1.82, 2.24) is 0 Å². The number of carbonyl (C=O) groups excluding carboxylic acids is 1. The number of hydrogen-bond donors (Lipinski definition) is 1. The second kappa shape index (κ2) is 6.50. The molecule has 4 unspecified atom stereocenters. The van der Waals surface area contributed by atoms with E-state index in [0.29, 0.717) is 17.1 Å². The maximum Gasteiger partial charge on any atom is 0.133 e. The molecule has 0 bridgehead atoms. The van der Waals surface area contributed by atoms with Gasteiger partial charge >= 0.3 is 0 Å². The Morgan fingerprint density at radius 3 is 2.74 bits per heavy atom. The predicted octanol–water partition coefficient (Wildman–Crippen LogP) is 5.13. The Hall–Kier alpha value is -0.370. The van der Waals surface area contributed by atoms with E-state index < -0.39 is 0 Å². The quantitative estimate of drug-likeness (QED) is 0.779. The summed E-state index contributed by atoms with van der Waals surface area (Å²) in [7, 11) is 0. The number of aliphatic hydroxyl groups excluding tert-OH is 1. The summed E-state index contributed by atoms with van der Waals surface area (Å²) in [4.78, 5) is 11.9. The number of carbonyl (C=O) groups is 1. The van der Waals surface area contributed by atoms with E-state index in [1.807, 2.05) is 0 Å². The SMILES string of the molecule is CCCCC(O)[C@@]1(C)CCC2[C@@H](CCC3CC(=O)CCC32C)C1. The average molecular weight is 321 g/mol. The van der Waals surface area contributed by atoms with Crippen LogP contribution in [0, 0.1) is 28.6 Å². The number of rotatable bonds is 4. The maximum atomic E-state index is 11.9. The number of hydrogen-bond acceptors (Lipinski definition) is 2. The Morgan fingerprint density at radius 1 is 1.22 bits per heavy atom. The van der Waals surface area contributed by atoms with E-state index in [1.54, 1.807) is 0 Å². The highest BCUT2D eigenvalue weighted by Gasteiger charge is 2.54. The highest BCUT2D eigenvalue weighted by atomic mass is 16.3. The van der Waals surface area contributed by atoms with Crippen LogP contribution in [-0.2, 0) is 4.79 Å². The molecule has 0 amide bonds.